The molecule has 1 aliphatic heterocycles. The highest BCUT2D eigenvalue weighted by molar-refractivity contribution is 6.10. The van der Waals surface area contributed by atoms with E-state index in [1.807, 2.05) is 0 Å². The maximum atomic E-state index is 13.0. The maximum absolute atomic E-state index is 13.0. The molecule has 0 unspecified atom stereocenters. The fraction of sp³-hybridized carbons (Fsp3) is 0.550. The lowest BCUT2D eigenvalue weighted by Gasteiger charge is -2.27. The molecule has 31 heavy (non-hydrogen) atoms. The summed E-state index contributed by atoms with van der Waals surface area (Å²) < 4.78 is 83.1. The second-order valence-corrected chi connectivity index (χ2v) is 8.19. The molecule has 1 aromatic rings. The minimum atomic E-state index is -5.11. The number of likely N-dealkylation sites (tertiary alicyclic amines) is 1. The molecule has 0 spiro atoms. The molecule has 0 aliphatic carbocycles. The Kier molecular flexibility index (Phi) is 6.77. The lowest BCUT2D eigenvalue weighted by molar-refractivity contribution is -0.143. The summed E-state index contributed by atoms with van der Waals surface area (Å²) >= 11 is 0. The van der Waals surface area contributed by atoms with Crippen LogP contribution in [0.15, 0.2) is 18.2 Å². The summed E-state index contributed by atoms with van der Waals surface area (Å²) in [5.74, 6) is -1.98. The molecule has 1 saturated heterocycles. The van der Waals surface area contributed by atoms with Crippen molar-refractivity contribution in [3.8, 4) is 0 Å². The van der Waals surface area contributed by atoms with Crippen molar-refractivity contribution in [2.75, 3.05) is 6.54 Å². The maximum Gasteiger partial charge on any atom is 0.416 e. The first kappa shape index (κ1) is 24.7. The van der Waals surface area contributed by atoms with E-state index in [0.717, 1.165) is 4.90 Å². The lowest BCUT2D eigenvalue weighted by Crippen LogP contribution is -2.43. The molecule has 0 radical (unpaired) electrons. The molecule has 11 heteroatoms. The van der Waals surface area contributed by atoms with Crippen molar-refractivity contribution >= 4 is 17.7 Å². The van der Waals surface area contributed by atoms with Gasteiger partial charge in [0.05, 0.1) is 23.6 Å². The van der Waals surface area contributed by atoms with Crippen molar-refractivity contribution in [3.63, 3.8) is 0 Å². The first-order chi connectivity index (χ1) is 14.0. The third-order valence-corrected chi connectivity index (χ3v) is 4.50. The molecular weight excluding hydrogens is 432 g/mol. The second-order valence-electron chi connectivity index (χ2n) is 8.19. The molecule has 5 nitrogen and oxygen atoms in total. The molecule has 1 fully saturated rings. The van der Waals surface area contributed by atoms with Gasteiger partial charge in [-0.3, -0.25) is 14.5 Å². The van der Waals surface area contributed by atoms with Gasteiger partial charge in [0.15, 0.2) is 11.6 Å². The third kappa shape index (κ3) is 6.44. The van der Waals surface area contributed by atoms with E-state index >= 15 is 0 Å². The summed E-state index contributed by atoms with van der Waals surface area (Å²) in [5, 5.41) is 0. The minimum absolute atomic E-state index is 0.0974. The van der Waals surface area contributed by atoms with E-state index in [1.54, 1.807) is 20.8 Å². The number of rotatable bonds is 4. The molecule has 0 saturated carbocycles. The number of ketones is 2. The molecular formula is C20H21F6NO4. The van der Waals surface area contributed by atoms with Crippen LogP contribution < -0.4 is 0 Å². The lowest BCUT2D eigenvalue weighted by atomic mass is 9.97. The quantitative estimate of drug-likeness (QED) is 0.354. The Labute approximate surface area is 174 Å². The van der Waals surface area contributed by atoms with Gasteiger partial charge in [0, 0.05) is 12.1 Å². The Morgan fingerprint density at radius 3 is 1.94 bits per heavy atom. The van der Waals surface area contributed by atoms with Crippen LogP contribution in [0.5, 0.6) is 0 Å². The van der Waals surface area contributed by atoms with Crippen LogP contribution in [-0.4, -0.2) is 40.7 Å². The van der Waals surface area contributed by atoms with E-state index in [0.29, 0.717) is 6.42 Å². The Morgan fingerprint density at radius 1 is 0.968 bits per heavy atom. The van der Waals surface area contributed by atoms with Crippen molar-refractivity contribution in [1.82, 2.24) is 4.90 Å². The number of alkyl halides is 6. The molecule has 1 amide bonds. The van der Waals surface area contributed by atoms with Gasteiger partial charge in [-0.25, -0.2) is 4.79 Å². The van der Waals surface area contributed by atoms with Gasteiger partial charge in [0.2, 0.25) is 0 Å². The zero-order valence-corrected chi connectivity index (χ0v) is 17.0. The first-order valence-electron chi connectivity index (χ1n) is 9.34. The van der Waals surface area contributed by atoms with Gasteiger partial charge in [0.1, 0.15) is 5.60 Å². The van der Waals surface area contributed by atoms with Crippen LogP contribution in [0.25, 0.3) is 0 Å². The zero-order chi connectivity index (χ0) is 23.8. The molecule has 0 N–H and O–H groups in total. The van der Waals surface area contributed by atoms with Crippen molar-refractivity contribution in [1.29, 1.82) is 0 Å². The van der Waals surface area contributed by atoms with E-state index in [9.17, 15) is 40.7 Å². The predicted molar refractivity (Wildman–Crippen MR) is 96.4 cm³/mol. The van der Waals surface area contributed by atoms with Crippen molar-refractivity contribution in [2.24, 2.45) is 0 Å². The molecule has 172 valence electrons. The number of benzene rings is 1. The molecule has 1 heterocycles. The van der Waals surface area contributed by atoms with Crippen LogP contribution in [0.4, 0.5) is 31.1 Å². The Balaban J connectivity index is 2.24. The second kappa shape index (κ2) is 8.51. The molecule has 0 bridgehead atoms. The van der Waals surface area contributed by atoms with E-state index in [-0.39, 0.29) is 31.2 Å². The molecule has 0 aromatic heterocycles. The van der Waals surface area contributed by atoms with E-state index < -0.39 is 64.8 Å². The average molecular weight is 453 g/mol. The largest absolute Gasteiger partial charge is 0.444 e. The Hall–Kier alpha value is -2.59. The fourth-order valence-corrected chi connectivity index (χ4v) is 3.13. The number of hydrogen-bond acceptors (Lipinski definition) is 4. The third-order valence-electron chi connectivity index (χ3n) is 4.50. The van der Waals surface area contributed by atoms with Crippen LogP contribution in [0.1, 0.15) is 61.5 Å². The number of carbonyl (C=O) groups is 3. The average Bonchev–Trinajstić information content (AvgIpc) is 3.08. The highest BCUT2D eigenvalue weighted by Gasteiger charge is 2.39. The summed E-state index contributed by atoms with van der Waals surface area (Å²) in [6, 6.07) is -0.567. The summed E-state index contributed by atoms with van der Waals surface area (Å²) in [7, 11) is 0. The smallest absolute Gasteiger partial charge is 0.416 e. The summed E-state index contributed by atoms with van der Waals surface area (Å²) in [4.78, 5) is 38.3. The molecule has 1 aromatic carbocycles. The summed E-state index contributed by atoms with van der Waals surface area (Å²) in [5.41, 5.74) is -5.00. The highest BCUT2D eigenvalue weighted by Crippen LogP contribution is 2.36. The first-order valence-corrected chi connectivity index (χ1v) is 9.34. The van der Waals surface area contributed by atoms with Crippen molar-refractivity contribution in [2.45, 2.75) is 64.0 Å². The van der Waals surface area contributed by atoms with Gasteiger partial charge in [-0.05, 0) is 51.8 Å². The molecule has 1 aliphatic rings. The van der Waals surface area contributed by atoms with Gasteiger partial charge in [-0.1, -0.05) is 0 Å². The summed E-state index contributed by atoms with van der Waals surface area (Å²) in [6.45, 7) is 5.04. The number of Topliss-reactive ketones (excluding diaryl/α,β-unsaturated/α-hetero) is 2. The number of ether oxygens (including phenoxy) is 1. The number of hydrogen-bond donors (Lipinski definition) is 0. The number of halogens is 6. The minimum Gasteiger partial charge on any atom is -0.444 e. The van der Waals surface area contributed by atoms with Gasteiger partial charge >= 0.3 is 18.4 Å². The van der Waals surface area contributed by atoms with Crippen LogP contribution in [-0.2, 0) is 21.9 Å². The normalized spacial score (nSPS) is 17.6. The van der Waals surface area contributed by atoms with Gasteiger partial charge in [0.25, 0.3) is 0 Å². The van der Waals surface area contributed by atoms with Crippen LogP contribution in [0, 0.1) is 0 Å². The topological polar surface area (TPSA) is 63.7 Å². The number of nitrogens with zero attached hydrogens (tertiary/aromatic N) is 1. The standard InChI is InChI=1S/C20H21F6NO4/c1-18(2,3)31-17(30)27-6-4-5-14(27)16(29)10-15(28)11-7-12(19(21,22)23)9-13(8-11)20(24,25)26/h7-9,14H,4-6,10H2,1-3H3/t14-/m0/s1. The number of amides is 1. The van der Waals surface area contributed by atoms with E-state index in [4.69, 9.17) is 4.74 Å². The highest BCUT2D eigenvalue weighted by atomic mass is 19.4. The predicted octanol–water partition coefficient (Wildman–Crippen LogP) is 5.27. The van der Waals surface area contributed by atoms with Gasteiger partial charge in [-0.15, -0.1) is 0 Å². The van der Waals surface area contributed by atoms with Gasteiger partial charge < -0.3 is 4.74 Å². The molecule has 2 rings (SSSR count). The van der Waals surface area contributed by atoms with Gasteiger partial charge in [-0.2, -0.15) is 26.3 Å². The Morgan fingerprint density at radius 2 is 1.48 bits per heavy atom. The SMILES string of the molecule is CC(C)(C)OC(=O)N1CCC[C@H]1C(=O)CC(=O)c1cc(C(F)(F)F)cc(C(F)(F)F)c1. The monoisotopic (exact) mass is 453 g/mol. The van der Waals surface area contributed by atoms with Crippen LogP contribution in [0.3, 0.4) is 0 Å². The van der Waals surface area contributed by atoms with Crippen LogP contribution in [0.2, 0.25) is 0 Å². The molecule has 1 atom stereocenters. The Bertz CT molecular complexity index is 838. The van der Waals surface area contributed by atoms with Crippen LogP contribution >= 0.6 is 0 Å². The summed E-state index contributed by atoms with van der Waals surface area (Å²) in [6.07, 6.45) is -11.3. The fourth-order valence-electron chi connectivity index (χ4n) is 3.13. The van der Waals surface area contributed by atoms with E-state index in [1.165, 1.54) is 0 Å². The zero-order valence-electron chi connectivity index (χ0n) is 17.0. The van der Waals surface area contributed by atoms with Crippen molar-refractivity contribution in [3.05, 3.63) is 34.9 Å². The van der Waals surface area contributed by atoms with Crippen molar-refractivity contribution < 1.29 is 45.5 Å². The number of carbonyl (C=O) groups excluding carboxylic acids is 3. The van der Waals surface area contributed by atoms with E-state index in [2.05, 4.69) is 0 Å².